The number of hydrogen-bond acceptors (Lipinski definition) is 5. The number of carbonyl (C=O) groups is 2. The molecule has 0 aromatic heterocycles. The minimum atomic E-state index is -3.24. The number of nitrogens with zero attached hydrogens (tertiary/aromatic N) is 1. The van der Waals surface area contributed by atoms with Crippen LogP contribution in [0.25, 0.3) is 0 Å². The third-order valence-electron chi connectivity index (χ3n) is 3.21. The maximum atomic E-state index is 11.8. The highest BCUT2D eigenvalue weighted by Crippen LogP contribution is 2.15. The highest BCUT2D eigenvalue weighted by molar-refractivity contribution is 7.90. The first-order valence-corrected chi connectivity index (χ1v) is 9.15. The van der Waals surface area contributed by atoms with Crippen molar-refractivity contribution in [3.05, 3.63) is 24.3 Å². The fourth-order valence-corrected chi connectivity index (χ4v) is 2.45. The van der Waals surface area contributed by atoms with E-state index in [1.54, 1.807) is 12.1 Å². The van der Waals surface area contributed by atoms with Gasteiger partial charge in [0.05, 0.1) is 17.4 Å². The Morgan fingerprint density at radius 2 is 1.88 bits per heavy atom. The van der Waals surface area contributed by atoms with Crippen LogP contribution in [0.4, 0.5) is 4.79 Å². The lowest BCUT2D eigenvalue weighted by Crippen LogP contribution is -2.42. The number of nitrogens with one attached hydrogen (secondary N) is 1. The Morgan fingerprint density at radius 1 is 1.29 bits per heavy atom. The van der Waals surface area contributed by atoms with Crippen LogP contribution in [0.15, 0.2) is 29.2 Å². The molecule has 8 nitrogen and oxygen atoms in total. The highest BCUT2D eigenvalue weighted by atomic mass is 32.2. The molecule has 1 atom stereocenters. The lowest BCUT2D eigenvalue weighted by atomic mass is 10.2. The van der Waals surface area contributed by atoms with Gasteiger partial charge in [-0.25, -0.2) is 13.2 Å². The fraction of sp³-hybridized carbons (Fsp3) is 0.467. The van der Waals surface area contributed by atoms with Crippen molar-refractivity contribution in [3.63, 3.8) is 0 Å². The van der Waals surface area contributed by atoms with E-state index in [2.05, 4.69) is 5.32 Å². The summed E-state index contributed by atoms with van der Waals surface area (Å²) in [5.74, 6) is -1.12. The molecular weight excluding hydrogens is 336 g/mol. The molecule has 2 N–H and O–H groups in total. The number of aliphatic carboxylic acids is 1. The lowest BCUT2D eigenvalue weighted by molar-refractivity contribution is -0.141. The summed E-state index contributed by atoms with van der Waals surface area (Å²) in [5.41, 5.74) is 0. The molecule has 0 heterocycles. The number of rotatable bonds is 8. The van der Waals surface area contributed by atoms with E-state index in [1.807, 2.05) is 0 Å². The molecule has 0 spiro atoms. The summed E-state index contributed by atoms with van der Waals surface area (Å²) < 4.78 is 28.1. The monoisotopic (exact) mass is 358 g/mol. The molecule has 0 radical (unpaired) electrons. The van der Waals surface area contributed by atoms with Gasteiger partial charge in [0, 0.05) is 19.8 Å². The van der Waals surface area contributed by atoms with Gasteiger partial charge in [0.15, 0.2) is 9.84 Å². The van der Waals surface area contributed by atoms with E-state index in [1.165, 1.54) is 31.0 Å². The average molecular weight is 358 g/mol. The number of sulfone groups is 1. The van der Waals surface area contributed by atoms with Crippen molar-refractivity contribution >= 4 is 21.8 Å². The summed E-state index contributed by atoms with van der Waals surface area (Å²) in [7, 11) is -1.73. The van der Waals surface area contributed by atoms with Crippen molar-refractivity contribution in [3.8, 4) is 5.75 Å². The summed E-state index contributed by atoms with van der Waals surface area (Å²) in [4.78, 5) is 24.0. The van der Waals surface area contributed by atoms with Crippen LogP contribution in [0.2, 0.25) is 0 Å². The van der Waals surface area contributed by atoms with Crippen molar-refractivity contribution in [2.75, 3.05) is 33.0 Å². The minimum Gasteiger partial charge on any atom is -0.492 e. The number of amides is 2. The molecule has 1 unspecified atom stereocenters. The Bertz CT molecular complexity index is 672. The second-order valence-corrected chi connectivity index (χ2v) is 7.46. The van der Waals surface area contributed by atoms with E-state index < -0.39 is 21.7 Å². The van der Waals surface area contributed by atoms with Gasteiger partial charge >= 0.3 is 12.0 Å². The molecule has 0 aliphatic rings. The van der Waals surface area contributed by atoms with Gasteiger partial charge in [-0.05, 0) is 24.3 Å². The molecular formula is C15H22N2O6S. The quantitative estimate of drug-likeness (QED) is 0.666. The highest BCUT2D eigenvalue weighted by Gasteiger charge is 2.16. The van der Waals surface area contributed by atoms with Gasteiger partial charge in [-0.1, -0.05) is 6.92 Å². The molecule has 9 heteroatoms. The van der Waals surface area contributed by atoms with Gasteiger partial charge < -0.3 is 20.1 Å². The van der Waals surface area contributed by atoms with Crippen LogP contribution < -0.4 is 10.1 Å². The van der Waals surface area contributed by atoms with Crippen molar-refractivity contribution in [1.29, 1.82) is 0 Å². The van der Waals surface area contributed by atoms with Crippen LogP contribution in [0.1, 0.15) is 6.92 Å². The van der Waals surface area contributed by atoms with Crippen molar-refractivity contribution in [1.82, 2.24) is 10.2 Å². The molecule has 0 aliphatic carbocycles. The molecule has 134 valence electrons. The van der Waals surface area contributed by atoms with E-state index in [-0.39, 0.29) is 30.6 Å². The molecule has 1 aromatic carbocycles. The summed E-state index contributed by atoms with van der Waals surface area (Å²) in [6.07, 6.45) is 1.13. The zero-order valence-electron chi connectivity index (χ0n) is 13.9. The van der Waals surface area contributed by atoms with Crippen LogP contribution in [0.3, 0.4) is 0 Å². The normalized spacial score (nSPS) is 12.3. The Balaban J connectivity index is 2.35. The van der Waals surface area contributed by atoms with E-state index >= 15 is 0 Å². The second-order valence-electron chi connectivity index (χ2n) is 5.44. The third-order valence-corrected chi connectivity index (χ3v) is 4.34. The van der Waals surface area contributed by atoms with Gasteiger partial charge in [-0.3, -0.25) is 4.79 Å². The SMILES string of the molecule is CC(CN(C)C(=O)NCCOc1ccc(S(C)(=O)=O)cc1)C(=O)O. The number of benzene rings is 1. The Morgan fingerprint density at radius 3 is 2.38 bits per heavy atom. The van der Waals surface area contributed by atoms with E-state index in [0.717, 1.165) is 6.26 Å². The molecule has 0 saturated carbocycles. The molecule has 0 bridgehead atoms. The molecule has 1 aromatic rings. The van der Waals surface area contributed by atoms with Crippen molar-refractivity contribution < 1.29 is 27.9 Å². The second kappa shape index (κ2) is 8.53. The smallest absolute Gasteiger partial charge is 0.317 e. The topological polar surface area (TPSA) is 113 Å². The van der Waals surface area contributed by atoms with Crippen LogP contribution in [-0.2, 0) is 14.6 Å². The van der Waals surface area contributed by atoms with Crippen LogP contribution in [0.5, 0.6) is 5.75 Å². The Hall–Kier alpha value is -2.29. The van der Waals surface area contributed by atoms with E-state index in [4.69, 9.17) is 9.84 Å². The van der Waals surface area contributed by atoms with Crippen LogP contribution in [0, 0.1) is 5.92 Å². The van der Waals surface area contributed by atoms with Crippen molar-refractivity contribution in [2.24, 2.45) is 5.92 Å². The summed E-state index contributed by atoms with van der Waals surface area (Å²) in [6.45, 7) is 2.06. The molecule has 1 rings (SSSR count). The van der Waals surface area contributed by atoms with E-state index in [9.17, 15) is 18.0 Å². The Kier molecular flexibility index (Phi) is 7.02. The number of ether oxygens (including phenoxy) is 1. The summed E-state index contributed by atoms with van der Waals surface area (Å²) in [6, 6.07) is 5.59. The standard InChI is InChI=1S/C15H22N2O6S/c1-11(14(18)19)10-17(2)15(20)16-8-9-23-12-4-6-13(7-5-12)24(3,21)22/h4-7,11H,8-10H2,1-3H3,(H,16,20)(H,18,19). The third kappa shape index (κ3) is 6.45. The zero-order chi connectivity index (χ0) is 18.3. The predicted octanol–water partition coefficient (Wildman–Crippen LogP) is 0.831. The molecule has 24 heavy (non-hydrogen) atoms. The number of urea groups is 1. The maximum Gasteiger partial charge on any atom is 0.317 e. The first kappa shape index (κ1) is 19.8. The Labute approximate surface area is 141 Å². The largest absolute Gasteiger partial charge is 0.492 e. The van der Waals surface area contributed by atoms with Crippen molar-refractivity contribution in [2.45, 2.75) is 11.8 Å². The zero-order valence-corrected chi connectivity index (χ0v) is 14.7. The van der Waals surface area contributed by atoms with Crippen LogP contribution >= 0.6 is 0 Å². The van der Waals surface area contributed by atoms with Gasteiger partial charge in [-0.2, -0.15) is 0 Å². The molecule has 0 saturated heterocycles. The number of carboxylic acid groups (broad SMARTS) is 1. The van der Waals surface area contributed by atoms with Gasteiger partial charge in [-0.15, -0.1) is 0 Å². The van der Waals surface area contributed by atoms with Gasteiger partial charge in [0.1, 0.15) is 12.4 Å². The molecule has 2 amide bonds. The molecule has 0 aliphatic heterocycles. The summed E-state index contributed by atoms with van der Waals surface area (Å²) in [5, 5.41) is 11.4. The van der Waals surface area contributed by atoms with Gasteiger partial charge in [0.2, 0.25) is 0 Å². The minimum absolute atomic E-state index is 0.106. The maximum absolute atomic E-state index is 11.8. The van der Waals surface area contributed by atoms with Crippen LogP contribution in [-0.4, -0.2) is 63.4 Å². The summed E-state index contributed by atoms with van der Waals surface area (Å²) >= 11 is 0. The first-order chi connectivity index (χ1) is 11.1. The fourth-order valence-electron chi connectivity index (χ4n) is 1.82. The predicted molar refractivity (Wildman–Crippen MR) is 87.9 cm³/mol. The molecule has 0 fully saturated rings. The number of hydrogen-bond donors (Lipinski definition) is 2. The first-order valence-electron chi connectivity index (χ1n) is 7.26. The average Bonchev–Trinajstić information content (AvgIpc) is 2.50. The number of carboxylic acids is 1. The van der Waals surface area contributed by atoms with Gasteiger partial charge in [0.25, 0.3) is 0 Å². The lowest BCUT2D eigenvalue weighted by Gasteiger charge is -2.20. The van der Waals surface area contributed by atoms with E-state index in [0.29, 0.717) is 5.75 Å². The number of carbonyl (C=O) groups excluding carboxylic acids is 1.